The first-order valence-electron chi connectivity index (χ1n) is 10.4. The molecule has 0 spiro atoms. The minimum absolute atomic E-state index is 0.122. The molecule has 2 heterocycles. The van der Waals surface area contributed by atoms with Crippen molar-refractivity contribution in [1.82, 2.24) is 25.1 Å². The molecule has 1 aliphatic rings. The maximum atomic E-state index is 13.0. The van der Waals surface area contributed by atoms with Crippen LogP contribution in [0.4, 0.5) is 10.1 Å². The normalized spacial score (nSPS) is 14.5. The first-order chi connectivity index (χ1) is 15.1. The Morgan fingerprint density at radius 2 is 1.94 bits per heavy atom. The van der Waals surface area contributed by atoms with Gasteiger partial charge in [0, 0.05) is 44.0 Å². The van der Waals surface area contributed by atoms with Crippen LogP contribution in [0.5, 0.6) is 0 Å². The lowest BCUT2D eigenvalue weighted by molar-refractivity contribution is -0.112. The molecule has 1 aromatic heterocycles. The first kappa shape index (κ1) is 20.9. The van der Waals surface area contributed by atoms with Crippen LogP contribution in [0, 0.1) is 5.82 Å². The summed E-state index contributed by atoms with van der Waals surface area (Å²) in [6, 6.07) is 14.2. The fraction of sp³-hybridized carbons (Fsp3) is 0.304. The molecule has 2 aromatic carbocycles. The molecule has 0 saturated carbocycles. The number of rotatable bonds is 6. The van der Waals surface area contributed by atoms with Gasteiger partial charge in [-0.3, -0.25) is 4.79 Å². The van der Waals surface area contributed by atoms with Crippen molar-refractivity contribution in [2.45, 2.75) is 19.3 Å². The molecule has 1 saturated heterocycles. The molecular weight excluding hydrogens is 395 g/mol. The van der Waals surface area contributed by atoms with Crippen molar-refractivity contribution in [2.75, 3.05) is 25.0 Å². The number of hydrogen-bond acceptors (Lipinski definition) is 5. The zero-order chi connectivity index (χ0) is 21.6. The summed E-state index contributed by atoms with van der Waals surface area (Å²) < 4.78 is 14.6. The van der Waals surface area contributed by atoms with Gasteiger partial charge in [-0.2, -0.15) is 0 Å². The molecule has 0 atom stereocenters. The first-order valence-corrected chi connectivity index (χ1v) is 10.4. The lowest BCUT2D eigenvalue weighted by Crippen LogP contribution is -2.32. The van der Waals surface area contributed by atoms with E-state index in [1.807, 2.05) is 36.4 Å². The van der Waals surface area contributed by atoms with Crippen molar-refractivity contribution >= 4 is 11.6 Å². The molecule has 8 heteroatoms. The molecule has 1 fully saturated rings. The summed E-state index contributed by atoms with van der Waals surface area (Å²) in [5, 5.41) is 14.4. The van der Waals surface area contributed by atoms with Crippen LogP contribution in [0.3, 0.4) is 0 Å². The van der Waals surface area contributed by atoms with Gasteiger partial charge in [-0.15, -0.1) is 5.10 Å². The summed E-state index contributed by atoms with van der Waals surface area (Å²) in [6.45, 7) is 2.79. The molecule has 4 rings (SSSR count). The highest BCUT2D eigenvalue weighted by atomic mass is 19.1. The fourth-order valence-electron chi connectivity index (χ4n) is 3.72. The van der Waals surface area contributed by atoms with Gasteiger partial charge in [0.2, 0.25) is 5.91 Å². The standard InChI is InChI=1S/C23H25FN6O/c1-29-23(26-27-28-29)19-3-2-4-21(16-19)25-22(31)15-18-10-13-30(14-11-18)12-9-17-5-7-20(24)8-6-17/h2-8,15-16H,9-14H2,1H3,(H,25,31). The number of benzene rings is 2. The fourth-order valence-corrected chi connectivity index (χ4v) is 3.72. The monoisotopic (exact) mass is 420 g/mol. The number of tetrazole rings is 1. The van der Waals surface area contributed by atoms with E-state index in [2.05, 4.69) is 25.7 Å². The maximum absolute atomic E-state index is 13.0. The lowest BCUT2D eigenvalue weighted by Gasteiger charge is -2.28. The minimum Gasteiger partial charge on any atom is -0.322 e. The van der Waals surface area contributed by atoms with Crippen molar-refractivity contribution < 1.29 is 9.18 Å². The summed E-state index contributed by atoms with van der Waals surface area (Å²) in [5.74, 6) is 0.317. The molecule has 3 aromatic rings. The Bertz CT molecular complexity index is 1070. The van der Waals surface area contributed by atoms with Crippen molar-refractivity contribution in [3.8, 4) is 11.4 Å². The smallest absolute Gasteiger partial charge is 0.248 e. The Labute approximate surface area is 180 Å². The van der Waals surface area contributed by atoms with Crippen LogP contribution in [-0.4, -0.2) is 50.6 Å². The zero-order valence-corrected chi connectivity index (χ0v) is 17.5. The van der Waals surface area contributed by atoms with Gasteiger partial charge in [-0.25, -0.2) is 9.07 Å². The third-order valence-electron chi connectivity index (χ3n) is 5.47. The maximum Gasteiger partial charge on any atom is 0.248 e. The number of aryl methyl sites for hydroxylation is 1. The van der Waals surface area contributed by atoms with Gasteiger partial charge in [0.1, 0.15) is 5.82 Å². The number of halogens is 1. The number of piperidine rings is 1. The van der Waals surface area contributed by atoms with Gasteiger partial charge in [-0.1, -0.05) is 29.8 Å². The summed E-state index contributed by atoms with van der Waals surface area (Å²) in [4.78, 5) is 14.9. The minimum atomic E-state index is -0.202. The van der Waals surface area contributed by atoms with Crippen LogP contribution >= 0.6 is 0 Å². The van der Waals surface area contributed by atoms with Crippen molar-refractivity contribution in [1.29, 1.82) is 0 Å². The van der Waals surface area contributed by atoms with Gasteiger partial charge < -0.3 is 10.2 Å². The predicted octanol–water partition coefficient (Wildman–Crippen LogP) is 3.22. The molecule has 0 aliphatic carbocycles. The van der Waals surface area contributed by atoms with E-state index in [0.717, 1.165) is 55.6 Å². The molecule has 7 nitrogen and oxygen atoms in total. The molecule has 0 radical (unpaired) electrons. The van der Waals surface area contributed by atoms with E-state index in [1.165, 1.54) is 12.1 Å². The molecule has 1 amide bonds. The number of hydrogen-bond donors (Lipinski definition) is 1. The molecule has 160 valence electrons. The SMILES string of the molecule is Cn1nnnc1-c1cccc(NC(=O)C=C2CCN(CCc3ccc(F)cc3)CC2)c1. The molecule has 0 unspecified atom stereocenters. The Morgan fingerprint density at radius 3 is 2.65 bits per heavy atom. The van der Waals surface area contributed by atoms with E-state index < -0.39 is 0 Å². The number of anilines is 1. The van der Waals surface area contributed by atoms with Gasteiger partial charge in [0.15, 0.2) is 5.82 Å². The molecule has 1 aliphatic heterocycles. The topological polar surface area (TPSA) is 75.9 Å². The average molecular weight is 420 g/mol. The Kier molecular flexibility index (Phi) is 6.47. The second kappa shape index (κ2) is 9.61. The van der Waals surface area contributed by atoms with Crippen molar-refractivity contribution in [3.05, 3.63) is 71.6 Å². The average Bonchev–Trinajstić information content (AvgIpc) is 3.20. The Morgan fingerprint density at radius 1 is 1.16 bits per heavy atom. The molecule has 1 N–H and O–H groups in total. The second-order valence-electron chi connectivity index (χ2n) is 7.72. The van der Waals surface area contributed by atoms with E-state index >= 15 is 0 Å². The number of carbonyl (C=O) groups excluding carboxylic acids is 1. The quantitative estimate of drug-likeness (QED) is 0.620. The molecular formula is C23H25FN6O. The predicted molar refractivity (Wildman–Crippen MR) is 117 cm³/mol. The van der Waals surface area contributed by atoms with Crippen molar-refractivity contribution in [3.63, 3.8) is 0 Å². The van der Waals surface area contributed by atoms with Gasteiger partial charge in [-0.05, 0) is 59.5 Å². The zero-order valence-electron chi connectivity index (χ0n) is 17.5. The molecule has 0 bridgehead atoms. The molecule has 31 heavy (non-hydrogen) atoms. The Balaban J connectivity index is 1.28. The van der Waals surface area contributed by atoms with E-state index in [4.69, 9.17) is 0 Å². The third-order valence-corrected chi connectivity index (χ3v) is 5.47. The number of nitrogens with zero attached hydrogens (tertiary/aromatic N) is 5. The van der Waals surface area contributed by atoms with Crippen LogP contribution in [0.15, 0.2) is 60.2 Å². The summed E-state index contributed by atoms with van der Waals surface area (Å²) in [6.07, 6.45) is 4.37. The van der Waals surface area contributed by atoms with E-state index in [1.54, 1.807) is 17.8 Å². The van der Waals surface area contributed by atoms with Crippen LogP contribution in [0.25, 0.3) is 11.4 Å². The lowest BCUT2D eigenvalue weighted by atomic mass is 10.0. The highest BCUT2D eigenvalue weighted by molar-refractivity contribution is 6.00. The largest absolute Gasteiger partial charge is 0.322 e. The van der Waals surface area contributed by atoms with Gasteiger partial charge in [0.05, 0.1) is 0 Å². The van der Waals surface area contributed by atoms with E-state index in [9.17, 15) is 9.18 Å². The number of nitrogens with one attached hydrogen (secondary N) is 1. The summed E-state index contributed by atoms with van der Waals surface area (Å²) in [7, 11) is 1.77. The third kappa shape index (κ3) is 5.61. The van der Waals surface area contributed by atoms with E-state index in [-0.39, 0.29) is 11.7 Å². The van der Waals surface area contributed by atoms with Crippen LogP contribution in [0.1, 0.15) is 18.4 Å². The van der Waals surface area contributed by atoms with Gasteiger partial charge in [0.25, 0.3) is 0 Å². The summed E-state index contributed by atoms with van der Waals surface area (Å²) >= 11 is 0. The van der Waals surface area contributed by atoms with Crippen LogP contribution in [0.2, 0.25) is 0 Å². The van der Waals surface area contributed by atoms with Crippen LogP contribution in [-0.2, 0) is 18.3 Å². The summed E-state index contributed by atoms with van der Waals surface area (Å²) in [5.41, 5.74) is 3.84. The highest BCUT2D eigenvalue weighted by Crippen LogP contribution is 2.21. The van der Waals surface area contributed by atoms with Crippen LogP contribution < -0.4 is 5.32 Å². The highest BCUT2D eigenvalue weighted by Gasteiger charge is 2.15. The van der Waals surface area contributed by atoms with Crippen molar-refractivity contribution in [2.24, 2.45) is 7.05 Å². The Hall–Kier alpha value is -3.39. The van der Waals surface area contributed by atoms with Gasteiger partial charge >= 0.3 is 0 Å². The second-order valence-corrected chi connectivity index (χ2v) is 7.72. The number of carbonyl (C=O) groups is 1. The van der Waals surface area contributed by atoms with E-state index in [0.29, 0.717) is 11.5 Å². The number of likely N-dealkylation sites (tertiary alicyclic amines) is 1. The number of amides is 1. The number of aromatic nitrogens is 4.